The molecule has 1 saturated heterocycles. The second-order valence-electron chi connectivity index (χ2n) is 7.00. The summed E-state index contributed by atoms with van der Waals surface area (Å²) in [6.45, 7) is 7.88. The molecule has 2 rings (SSSR count). The Morgan fingerprint density at radius 3 is 2.46 bits per heavy atom. The van der Waals surface area contributed by atoms with Crippen molar-refractivity contribution in [1.82, 2.24) is 15.2 Å². The Balaban J connectivity index is 1.97. The fourth-order valence-corrected chi connectivity index (χ4v) is 2.82. The van der Waals surface area contributed by atoms with Crippen molar-refractivity contribution in [3.63, 3.8) is 0 Å². The molecule has 1 aromatic heterocycles. The number of ether oxygens (including phenoxy) is 1. The van der Waals surface area contributed by atoms with Crippen LogP contribution >= 0.6 is 0 Å². The summed E-state index contributed by atoms with van der Waals surface area (Å²) < 4.78 is 4.60. The highest BCUT2D eigenvalue weighted by molar-refractivity contribution is 5.96. The van der Waals surface area contributed by atoms with E-state index in [1.165, 1.54) is 7.11 Å². The number of alkyl carbamates (subject to hydrolysis) is 1. The molecule has 2 heterocycles. The van der Waals surface area contributed by atoms with E-state index in [1.54, 1.807) is 6.20 Å². The molecule has 0 aromatic carbocycles. The molecule has 0 spiro atoms. The Bertz CT molecular complexity index is 597. The van der Waals surface area contributed by atoms with E-state index in [-0.39, 0.29) is 11.8 Å². The standard InChI is InChI=1S/C18H29N5O3/c1-13(2)11-15(21-18(25)26-4)17(24)20-14-5-6-16(19-12-14)23-9-7-22(3)8-10-23/h5-6,12-13,15H,7-11H2,1-4H3,(H,20,24)(H,21,25). The topological polar surface area (TPSA) is 86.8 Å². The third-order valence-corrected chi connectivity index (χ3v) is 4.34. The molecule has 1 atom stereocenters. The summed E-state index contributed by atoms with van der Waals surface area (Å²) in [6.07, 6.45) is 1.55. The third-order valence-electron chi connectivity index (χ3n) is 4.34. The largest absolute Gasteiger partial charge is 0.453 e. The quantitative estimate of drug-likeness (QED) is 0.797. The predicted molar refractivity (Wildman–Crippen MR) is 101 cm³/mol. The van der Waals surface area contributed by atoms with Crippen molar-refractivity contribution in [2.75, 3.05) is 50.6 Å². The van der Waals surface area contributed by atoms with Crippen molar-refractivity contribution in [2.45, 2.75) is 26.3 Å². The van der Waals surface area contributed by atoms with Crippen LogP contribution in [0.1, 0.15) is 20.3 Å². The maximum absolute atomic E-state index is 12.5. The van der Waals surface area contributed by atoms with Gasteiger partial charge in [0.05, 0.1) is 19.0 Å². The molecule has 1 aliphatic heterocycles. The van der Waals surface area contributed by atoms with Gasteiger partial charge in [-0.15, -0.1) is 0 Å². The Kier molecular flexibility index (Phi) is 7.20. The Morgan fingerprint density at radius 2 is 1.92 bits per heavy atom. The second kappa shape index (κ2) is 9.38. The fourth-order valence-electron chi connectivity index (χ4n) is 2.82. The van der Waals surface area contributed by atoms with E-state index in [2.05, 4.69) is 37.2 Å². The maximum atomic E-state index is 12.5. The number of nitrogens with one attached hydrogen (secondary N) is 2. The highest BCUT2D eigenvalue weighted by Crippen LogP contribution is 2.16. The van der Waals surface area contributed by atoms with E-state index < -0.39 is 12.1 Å². The summed E-state index contributed by atoms with van der Waals surface area (Å²) in [5.41, 5.74) is 0.605. The summed E-state index contributed by atoms with van der Waals surface area (Å²) in [5, 5.41) is 5.39. The van der Waals surface area contributed by atoms with Gasteiger partial charge in [-0.1, -0.05) is 13.8 Å². The van der Waals surface area contributed by atoms with Crippen molar-refractivity contribution < 1.29 is 14.3 Å². The van der Waals surface area contributed by atoms with Gasteiger partial charge in [-0.25, -0.2) is 9.78 Å². The lowest BCUT2D eigenvalue weighted by atomic mass is 10.0. The van der Waals surface area contributed by atoms with E-state index in [4.69, 9.17) is 0 Å². The first kappa shape index (κ1) is 20.0. The van der Waals surface area contributed by atoms with Crippen molar-refractivity contribution in [2.24, 2.45) is 5.92 Å². The number of hydrogen-bond acceptors (Lipinski definition) is 6. The van der Waals surface area contributed by atoms with Gasteiger partial charge in [0, 0.05) is 26.2 Å². The monoisotopic (exact) mass is 363 g/mol. The lowest BCUT2D eigenvalue weighted by molar-refractivity contribution is -0.118. The highest BCUT2D eigenvalue weighted by Gasteiger charge is 2.22. The zero-order valence-electron chi connectivity index (χ0n) is 16.0. The zero-order valence-corrected chi connectivity index (χ0v) is 16.0. The molecule has 1 unspecified atom stereocenters. The Hall–Kier alpha value is -2.35. The van der Waals surface area contributed by atoms with Crippen LogP contribution in [-0.4, -0.2) is 68.3 Å². The van der Waals surface area contributed by atoms with Crippen LogP contribution in [-0.2, 0) is 9.53 Å². The number of rotatable bonds is 6. The first-order valence-electron chi connectivity index (χ1n) is 8.94. The fraction of sp³-hybridized carbons (Fsp3) is 0.611. The van der Waals surface area contributed by atoms with Crippen LogP contribution < -0.4 is 15.5 Å². The van der Waals surface area contributed by atoms with Crippen molar-refractivity contribution in [1.29, 1.82) is 0 Å². The third kappa shape index (κ3) is 5.87. The Morgan fingerprint density at radius 1 is 1.23 bits per heavy atom. The molecule has 0 radical (unpaired) electrons. The van der Waals surface area contributed by atoms with Crippen molar-refractivity contribution >= 4 is 23.5 Å². The predicted octanol–water partition coefficient (Wildman–Crippen LogP) is 1.54. The van der Waals surface area contributed by atoms with Gasteiger partial charge in [-0.2, -0.15) is 0 Å². The van der Waals surface area contributed by atoms with Gasteiger partial charge in [0.15, 0.2) is 0 Å². The molecular formula is C18H29N5O3. The molecule has 1 fully saturated rings. The number of pyridine rings is 1. The van der Waals surface area contributed by atoms with E-state index in [9.17, 15) is 9.59 Å². The van der Waals surface area contributed by atoms with Crippen LogP contribution in [0.15, 0.2) is 18.3 Å². The Labute approximate surface area is 154 Å². The minimum absolute atomic E-state index is 0.251. The van der Waals surface area contributed by atoms with Gasteiger partial charge in [0.2, 0.25) is 5.91 Å². The number of methoxy groups -OCH3 is 1. The van der Waals surface area contributed by atoms with E-state index in [0.717, 1.165) is 32.0 Å². The van der Waals surface area contributed by atoms with Crippen LogP contribution in [0.4, 0.5) is 16.3 Å². The second-order valence-corrected chi connectivity index (χ2v) is 7.00. The number of aromatic nitrogens is 1. The molecule has 144 valence electrons. The summed E-state index contributed by atoms with van der Waals surface area (Å²) in [5.74, 6) is 0.876. The molecule has 0 saturated carbocycles. The van der Waals surface area contributed by atoms with Gasteiger partial charge in [-0.3, -0.25) is 4.79 Å². The van der Waals surface area contributed by atoms with Crippen LogP contribution in [0.25, 0.3) is 0 Å². The normalized spacial score (nSPS) is 16.3. The van der Waals surface area contributed by atoms with E-state index in [0.29, 0.717) is 12.1 Å². The maximum Gasteiger partial charge on any atom is 0.407 e. The van der Waals surface area contributed by atoms with Gasteiger partial charge in [0.25, 0.3) is 0 Å². The zero-order chi connectivity index (χ0) is 19.1. The molecule has 26 heavy (non-hydrogen) atoms. The summed E-state index contributed by atoms with van der Waals surface area (Å²) >= 11 is 0. The molecule has 2 amide bonds. The minimum Gasteiger partial charge on any atom is -0.453 e. The van der Waals surface area contributed by atoms with Crippen LogP contribution in [0.2, 0.25) is 0 Å². The van der Waals surface area contributed by atoms with E-state index >= 15 is 0 Å². The first-order valence-corrected chi connectivity index (χ1v) is 8.94. The summed E-state index contributed by atoms with van der Waals surface area (Å²) in [4.78, 5) is 32.9. The van der Waals surface area contributed by atoms with Crippen LogP contribution in [0.5, 0.6) is 0 Å². The molecule has 8 heteroatoms. The first-order chi connectivity index (χ1) is 12.4. The molecule has 1 aromatic rings. The SMILES string of the molecule is COC(=O)NC(CC(C)C)C(=O)Nc1ccc(N2CCN(C)CC2)nc1. The number of carbonyl (C=O) groups excluding carboxylic acids is 2. The average Bonchev–Trinajstić information content (AvgIpc) is 2.62. The molecule has 8 nitrogen and oxygen atoms in total. The van der Waals surface area contributed by atoms with Crippen molar-refractivity contribution in [3.05, 3.63) is 18.3 Å². The summed E-state index contributed by atoms with van der Waals surface area (Å²) in [7, 11) is 3.39. The number of hydrogen-bond donors (Lipinski definition) is 2. The smallest absolute Gasteiger partial charge is 0.407 e. The van der Waals surface area contributed by atoms with Gasteiger partial charge in [-0.05, 0) is 31.5 Å². The lowest BCUT2D eigenvalue weighted by Crippen LogP contribution is -2.45. The van der Waals surface area contributed by atoms with E-state index in [1.807, 2.05) is 26.0 Å². The number of anilines is 2. The van der Waals surface area contributed by atoms with Crippen LogP contribution in [0.3, 0.4) is 0 Å². The van der Waals surface area contributed by atoms with Gasteiger partial charge in [0.1, 0.15) is 11.9 Å². The molecule has 0 bridgehead atoms. The van der Waals surface area contributed by atoms with Crippen molar-refractivity contribution in [3.8, 4) is 0 Å². The molecule has 0 aliphatic carbocycles. The van der Waals surface area contributed by atoms with Crippen LogP contribution in [0, 0.1) is 5.92 Å². The van der Waals surface area contributed by atoms with Gasteiger partial charge >= 0.3 is 6.09 Å². The molecule has 2 N–H and O–H groups in total. The number of piperazine rings is 1. The number of likely N-dealkylation sites (N-methyl/N-ethyl adjacent to an activating group) is 1. The number of nitrogens with zero attached hydrogens (tertiary/aromatic N) is 3. The highest BCUT2D eigenvalue weighted by atomic mass is 16.5. The minimum atomic E-state index is -0.653. The summed E-state index contributed by atoms with van der Waals surface area (Å²) in [6, 6.07) is 3.09. The average molecular weight is 363 g/mol. The lowest BCUT2D eigenvalue weighted by Gasteiger charge is -2.33. The molecule has 1 aliphatic rings. The van der Waals surface area contributed by atoms with Gasteiger partial charge < -0.3 is 25.2 Å². The molecular weight excluding hydrogens is 334 g/mol. The number of amides is 2. The number of carbonyl (C=O) groups is 2.